The van der Waals surface area contributed by atoms with E-state index in [-0.39, 0.29) is 0 Å². The molecular weight excluding hydrogens is 403 g/mol. The van der Waals surface area contributed by atoms with Crippen LogP contribution in [0.4, 0.5) is 13.2 Å². The molecule has 6 nitrogen and oxygen atoms in total. The fourth-order valence-electron chi connectivity index (χ4n) is 2.47. The van der Waals surface area contributed by atoms with E-state index in [0.29, 0.717) is 55.4 Å². The highest BCUT2D eigenvalue weighted by atomic mass is 32.1. The highest BCUT2D eigenvalue weighted by molar-refractivity contribution is 7.09. The van der Waals surface area contributed by atoms with Gasteiger partial charge in [0.2, 0.25) is 5.88 Å². The molecule has 2 aromatic rings. The van der Waals surface area contributed by atoms with E-state index in [0.717, 1.165) is 22.3 Å². The molecule has 0 aromatic carbocycles. The number of aromatic nitrogens is 2. The molecule has 0 saturated heterocycles. The van der Waals surface area contributed by atoms with Gasteiger partial charge in [0, 0.05) is 37.2 Å². The standard InChI is InChI=1S/C19H24F3N5OS/c1-2-23-18(25-8-6-17-27-15(12-29-17)19(20,21)22)26-10-14-5-7-24-16(9-14)28-11-13-3-4-13/h5,7,9,12-13H,2-4,6,8,10-11H2,1H3,(H2,23,25,26). The van der Waals surface area contributed by atoms with E-state index in [1.54, 1.807) is 6.20 Å². The zero-order valence-corrected chi connectivity index (χ0v) is 16.9. The van der Waals surface area contributed by atoms with Crippen LogP contribution in [-0.4, -0.2) is 35.6 Å². The maximum Gasteiger partial charge on any atom is 0.434 e. The summed E-state index contributed by atoms with van der Waals surface area (Å²) in [6.07, 6.45) is 0.137. The van der Waals surface area contributed by atoms with E-state index in [9.17, 15) is 13.2 Å². The number of aliphatic imine (C=N–C) groups is 1. The number of alkyl halides is 3. The number of rotatable bonds is 9. The predicted molar refractivity (Wildman–Crippen MR) is 106 cm³/mol. The van der Waals surface area contributed by atoms with E-state index >= 15 is 0 Å². The second kappa shape index (κ2) is 9.91. The van der Waals surface area contributed by atoms with Crippen LogP contribution < -0.4 is 15.4 Å². The Morgan fingerprint density at radius 1 is 1.34 bits per heavy atom. The summed E-state index contributed by atoms with van der Waals surface area (Å²) in [5.41, 5.74) is 0.133. The monoisotopic (exact) mass is 427 g/mol. The van der Waals surface area contributed by atoms with Gasteiger partial charge in [-0.1, -0.05) is 0 Å². The van der Waals surface area contributed by atoms with Crippen LogP contribution in [0.15, 0.2) is 28.7 Å². The number of hydrogen-bond donors (Lipinski definition) is 2. The second-order valence-corrected chi connectivity index (χ2v) is 7.70. The Balaban J connectivity index is 1.50. The summed E-state index contributed by atoms with van der Waals surface area (Å²) >= 11 is 1.01. The largest absolute Gasteiger partial charge is 0.477 e. The first kappa shape index (κ1) is 21.4. The SMILES string of the molecule is CCNC(=NCc1ccnc(OCC2CC2)c1)NCCc1nc(C(F)(F)F)cs1. The summed E-state index contributed by atoms with van der Waals surface area (Å²) in [4.78, 5) is 12.4. The topological polar surface area (TPSA) is 71.4 Å². The van der Waals surface area contributed by atoms with Gasteiger partial charge >= 0.3 is 6.18 Å². The fraction of sp³-hybridized carbons (Fsp3) is 0.526. The van der Waals surface area contributed by atoms with Crippen LogP contribution in [0, 0.1) is 5.92 Å². The van der Waals surface area contributed by atoms with Gasteiger partial charge in [-0.25, -0.2) is 15.0 Å². The number of nitrogens with one attached hydrogen (secondary N) is 2. The van der Waals surface area contributed by atoms with Crippen LogP contribution in [-0.2, 0) is 19.1 Å². The molecule has 0 aliphatic heterocycles. The molecule has 10 heteroatoms. The lowest BCUT2D eigenvalue weighted by molar-refractivity contribution is -0.140. The van der Waals surface area contributed by atoms with Crippen LogP contribution in [0.25, 0.3) is 0 Å². The third-order valence-corrected chi connectivity index (χ3v) is 5.11. The number of halogens is 3. The van der Waals surface area contributed by atoms with Gasteiger partial charge in [0.1, 0.15) is 0 Å². The van der Waals surface area contributed by atoms with Gasteiger partial charge in [0.15, 0.2) is 11.7 Å². The van der Waals surface area contributed by atoms with Crippen molar-refractivity contribution in [3.8, 4) is 5.88 Å². The van der Waals surface area contributed by atoms with Gasteiger partial charge in [-0.3, -0.25) is 0 Å². The molecule has 0 atom stereocenters. The highest BCUT2D eigenvalue weighted by Gasteiger charge is 2.33. The van der Waals surface area contributed by atoms with Crippen LogP contribution in [0.3, 0.4) is 0 Å². The third-order valence-electron chi connectivity index (χ3n) is 4.20. The summed E-state index contributed by atoms with van der Waals surface area (Å²) < 4.78 is 43.5. The first-order valence-electron chi connectivity index (χ1n) is 9.55. The number of guanidine groups is 1. The molecule has 1 aliphatic carbocycles. The Morgan fingerprint density at radius 3 is 2.86 bits per heavy atom. The van der Waals surface area contributed by atoms with E-state index in [2.05, 4.69) is 25.6 Å². The molecule has 1 aliphatic rings. The van der Waals surface area contributed by atoms with Gasteiger partial charge in [-0.2, -0.15) is 13.2 Å². The van der Waals surface area contributed by atoms with Gasteiger partial charge in [-0.05, 0) is 37.3 Å². The lowest BCUT2D eigenvalue weighted by atomic mass is 10.3. The minimum absolute atomic E-state index is 0.388. The summed E-state index contributed by atoms with van der Waals surface area (Å²) in [7, 11) is 0. The summed E-state index contributed by atoms with van der Waals surface area (Å²) in [5, 5.41) is 7.73. The van der Waals surface area contributed by atoms with Gasteiger partial charge < -0.3 is 15.4 Å². The van der Waals surface area contributed by atoms with E-state index < -0.39 is 11.9 Å². The molecule has 0 unspecified atom stereocenters. The molecule has 29 heavy (non-hydrogen) atoms. The Hall–Kier alpha value is -2.36. The first-order valence-corrected chi connectivity index (χ1v) is 10.4. The fourth-order valence-corrected chi connectivity index (χ4v) is 3.28. The Kier molecular flexibility index (Phi) is 7.29. The maximum absolute atomic E-state index is 12.6. The van der Waals surface area contributed by atoms with E-state index in [1.165, 1.54) is 12.8 Å². The zero-order valence-electron chi connectivity index (χ0n) is 16.1. The molecule has 2 aromatic heterocycles. The molecule has 0 spiro atoms. The molecule has 2 heterocycles. The average molecular weight is 427 g/mol. The minimum Gasteiger partial charge on any atom is -0.477 e. The zero-order chi connectivity index (χ0) is 20.7. The maximum atomic E-state index is 12.6. The van der Waals surface area contributed by atoms with Crippen molar-refractivity contribution >= 4 is 17.3 Å². The summed E-state index contributed by atoms with van der Waals surface area (Å²) in [6, 6.07) is 3.76. The average Bonchev–Trinajstić information content (AvgIpc) is 3.39. The molecule has 3 rings (SSSR count). The molecule has 1 saturated carbocycles. The second-order valence-electron chi connectivity index (χ2n) is 6.75. The van der Waals surface area contributed by atoms with Crippen LogP contribution in [0.5, 0.6) is 5.88 Å². The summed E-state index contributed by atoms with van der Waals surface area (Å²) in [5.74, 6) is 1.86. The Morgan fingerprint density at radius 2 is 2.17 bits per heavy atom. The van der Waals surface area contributed by atoms with Crippen molar-refractivity contribution in [3.63, 3.8) is 0 Å². The number of hydrogen-bond acceptors (Lipinski definition) is 5. The van der Waals surface area contributed by atoms with Gasteiger partial charge in [0.25, 0.3) is 0 Å². The smallest absolute Gasteiger partial charge is 0.434 e. The number of pyridine rings is 1. The van der Waals surface area contributed by atoms with Crippen LogP contribution in [0.1, 0.15) is 36.0 Å². The van der Waals surface area contributed by atoms with Gasteiger partial charge in [0.05, 0.1) is 18.2 Å². The van der Waals surface area contributed by atoms with Crippen molar-refractivity contribution in [2.24, 2.45) is 10.9 Å². The van der Waals surface area contributed by atoms with Crippen LogP contribution >= 0.6 is 11.3 Å². The molecule has 0 bridgehead atoms. The highest BCUT2D eigenvalue weighted by Crippen LogP contribution is 2.30. The lowest BCUT2D eigenvalue weighted by Gasteiger charge is -2.11. The molecule has 158 valence electrons. The van der Waals surface area contributed by atoms with Crippen molar-refractivity contribution < 1.29 is 17.9 Å². The first-order chi connectivity index (χ1) is 13.9. The Bertz CT molecular complexity index is 820. The van der Waals surface area contributed by atoms with Crippen LogP contribution in [0.2, 0.25) is 0 Å². The van der Waals surface area contributed by atoms with Crippen molar-refractivity contribution in [3.05, 3.63) is 40.0 Å². The van der Waals surface area contributed by atoms with Crippen molar-refractivity contribution in [2.45, 2.75) is 38.9 Å². The van der Waals surface area contributed by atoms with E-state index in [4.69, 9.17) is 4.74 Å². The van der Waals surface area contributed by atoms with Crippen molar-refractivity contribution in [2.75, 3.05) is 19.7 Å². The predicted octanol–water partition coefficient (Wildman–Crippen LogP) is 3.64. The molecular formula is C19H24F3N5OS. The number of thiazole rings is 1. The van der Waals surface area contributed by atoms with Crippen molar-refractivity contribution in [1.82, 2.24) is 20.6 Å². The molecule has 0 amide bonds. The Labute approximate surface area is 171 Å². The lowest BCUT2D eigenvalue weighted by Crippen LogP contribution is -2.38. The third kappa shape index (κ3) is 7.19. The minimum atomic E-state index is -4.40. The van der Waals surface area contributed by atoms with Gasteiger partial charge in [-0.15, -0.1) is 11.3 Å². The number of nitrogens with zero attached hydrogens (tertiary/aromatic N) is 3. The normalized spacial score (nSPS) is 14.7. The molecule has 0 radical (unpaired) electrons. The summed E-state index contributed by atoms with van der Waals surface area (Å²) in [6.45, 7) is 4.20. The van der Waals surface area contributed by atoms with E-state index in [1.807, 2.05) is 19.1 Å². The molecule has 2 N–H and O–H groups in total. The van der Waals surface area contributed by atoms with Crippen molar-refractivity contribution in [1.29, 1.82) is 0 Å². The number of ether oxygens (including phenoxy) is 1. The quantitative estimate of drug-likeness (QED) is 0.472. The molecule has 1 fully saturated rings.